The lowest BCUT2D eigenvalue weighted by Crippen LogP contribution is -2.32. The molecular formula is C15H14N2O3. The highest BCUT2D eigenvalue weighted by Crippen LogP contribution is 2.31. The van der Waals surface area contributed by atoms with Crippen LogP contribution in [-0.4, -0.2) is 29.2 Å². The molecule has 20 heavy (non-hydrogen) atoms. The molecule has 102 valence electrons. The summed E-state index contributed by atoms with van der Waals surface area (Å²) in [4.78, 5) is 17.3. The van der Waals surface area contributed by atoms with Crippen LogP contribution in [0.1, 0.15) is 16.2 Å². The van der Waals surface area contributed by atoms with Crippen molar-refractivity contribution in [3.05, 3.63) is 53.9 Å². The number of anilines is 1. The van der Waals surface area contributed by atoms with Gasteiger partial charge in [0, 0.05) is 0 Å². The summed E-state index contributed by atoms with van der Waals surface area (Å²) in [7, 11) is 0. The standard InChI is InChI=1S/C15H14N2O3/c18-15(19)12-5-3-4-11(16-12)10-17-8-9-20-14-7-2-1-6-13(14)17/h1-7H,8-10H2,(H,18,19). The minimum Gasteiger partial charge on any atom is -0.490 e. The van der Waals surface area contributed by atoms with Gasteiger partial charge in [-0.2, -0.15) is 0 Å². The maximum atomic E-state index is 10.9. The molecular weight excluding hydrogens is 256 g/mol. The zero-order valence-corrected chi connectivity index (χ0v) is 10.8. The van der Waals surface area contributed by atoms with E-state index in [1.54, 1.807) is 6.07 Å². The molecule has 0 fully saturated rings. The van der Waals surface area contributed by atoms with Crippen molar-refractivity contribution in [2.24, 2.45) is 0 Å². The Morgan fingerprint density at radius 3 is 2.95 bits per heavy atom. The molecule has 5 nitrogen and oxygen atoms in total. The molecule has 2 aromatic rings. The van der Waals surface area contributed by atoms with Gasteiger partial charge in [-0.05, 0) is 24.3 Å². The molecule has 0 bridgehead atoms. The SMILES string of the molecule is O=C(O)c1cccc(CN2CCOc3ccccc32)n1. The zero-order chi connectivity index (χ0) is 13.9. The molecule has 0 aliphatic carbocycles. The monoisotopic (exact) mass is 270 g/mol. The highest BCUT2D eigenvalue weighted by Gasteiger charge is 2.18. The first-order valence-corrected chi connectivity index (χ1v) is 6.40. The number of nitrogens with zero attached hydrogens (tertiary/aromatic N) is 2. The van der Waals surface area contributed by atoms with Gasteiger partial charge >= 0.3 is 5.97 Å². The summed E-state index contributed by atoms with van der Waals surface area (Å²) >= 11 is 0. The average Bonchev–Trinajstić information content (AvgIpc) is 2.48. The van der Waals surface area contributed by atoms with Crippen molar-refractivity contribution >= 4 is 11.7 Å². The molecule has 0 amide bonds. The molecule has 1 aliphatic rings. The third kappa shape index (κ3) is 2.42. The highest BCUT2D eigenvalue weighted by molar-refractivity contribution is 5.85. The van der Waals surface area contributed by atoms with Gasteiger partial charge in [-0.15, -0.1) is 0 Å². The first kappa shape index (κ1) is 12.5. The van der Waals surface area contributed by atoms with Gasteiger partial charge in [0.2, 0.25) is 0 Å². The Labute approximate surface area is 116 Å². The average molecular weight is 270 g/mol. The smallest absolute Gasteiger partial charge is 0.354 e. The molecule has 2 heterocycles. The maximum absolute atomic E-state index is 10.9. The molecule has 1 N–H and O–H groups in total. The first-order chi connectivity index (χ1) is 9.74. The van der Waals surface area contributed by atoms with Crippen molar-refractivity contribution in [2.75, 3.05) is 18.1 Å². The van der Waals surface area contributed by atoms with Crippen LogP contribution in [0.3, 0.4) is 0 Å². The molecule has 0 atom stereocenters. The number of hydrogen-bond donors (Lipinski definition) is 1. The molecule has 0 unspecified atom stereocenters. The molecule has 3 rings (SSSR count). The van der Waals surface area contributed by atoms with E-state index >= 15 is 0 Å². The second kappa shape index (κ2) is 5.21. The number of benzene rings is 1. The van der Waals surface area contributed by atoms with Crippen LogP contribution in [0.4, 0.5) is 5.69 Å². The Bertz CT molecular complexity index is 643. The summed E-state index contributed by atoms with van der Waals surface area (Å²) in [5, 5.41) is 8.98. The lowest BCUT2D eigenvalue weighted by atomic mass is 10.2. The number of aromatic nitrogens is 1. The third-order valence-corrected chi connectivity index (χ3v) is 3.20. The number of ether oxygens (including phenoxy) is 1. The van der Waals surface area contributed by atoms with Crippen molar-refractivity contribution in [1.82, 2.24) is 4.98 Å². The summed E-state index contributed by atoms with van der Waals surface area (Å²) in [6.07, 6.45) is 0. The van der Waals surface area contributed by atoms with E-state index in [1.165, 1.54) is 6.07 Å². The van der Waals surface area contributed by atoms with Crippen molar-refractivity contribution in [1.29, 1.82) is 0 Å². The van der Waals surface area contributed by atoms with Gasteiger partial charge in [0.25, 0.3) is 0 Å². The fourth-order valence-electron chi connectivity index (χ4n) is 2.27. The van der Waals surface area contributed by atoms with Crippen LogP contribution < -0.4 is 9.64 Å². The predicted molar refractivity (Wildman–Crippen MR) is 74.2 cm³/mol. The van der Waals surface area contributed by atoms with E-state index in [9.17, 15) is 4.79 Å². The van der Waals surface area contributed by atoms with Gasteiger partial charge in [-0.3, -0.25) is 0 Å². The quantitative estimate of drug-likeness (QED) is 0.926. The Hall–Kier alpha value is -2.56. The molecule has 0 saturated heterocycles. The second-order valence-electron chi connectivity index (χ2n) is 4.56. The number of rotatable bonds is 3. The van der Waals surface area contributed by atoms with E-state index < -0.39 is 5.97 Å². The van der Waals surface area contributed by atoms with Crippen molar-refractivity contribution in [3.8, 4) is 5.75 Å². The fraction of sp³-hybridized carbons (Fsp3) is 0.200. The topological polar surface area (TPSA) is 62.7 Å². The van der Waals surface area contributed by atoms with Gasteiger partial charge in [-0.25, -0.2) is 9.78 Å². The van der Waals surface area contributed by atoms with E-state index in [0.717, 1.165) is 23.7 Å². The maximum Gasteiger partial charge on any atom is 0.354 e. The van der Waals surface area contributed by atoms with E-state index in [4.69, 9.17) is 9.84 Å². The van der Waals surface area contributed by atoms with Crippen molar-refractivity contribution < 1.29 is 14.6 Å². The Balaban J connectivity index is 1.85. The minimum absolute atomic E-state index is 0.0732. The highest BCUT2D eigenvalue weighted by atomic mass is 16.5. The van der Waals surface area contributed by atoms with Crippen LogP contribution in [-0.2, 0) is 6.54 Å². The van der Waals surface area contributed by atoms with Gasteiger partial charge in [0.1, 0.15) is 18.1 Å². The van der Waals surface area contributed by atoms with Gasteiger partial charge < -0.3 is 14.7 Å². The fourth-order valence-corrected chi connectivity index (χ4v) is 2.27. The predicted octanol–water partition coefficient (Wildman–Crippen LogP) is 2.18. The number of carboxylic acids is 1. The van der Waals surface area contributed by atoms with Crippen molar-refractivity contribution in [3.63, 3.8) is 0 Å². The molecule has 1 aromatic carbocycles. The van der Waals surface area contributed by atoms with Crippen LogP contribution in [0.5, 0.6) is 5.75 Å². The molecule has 1 aromatic heterocycles. The van der Waals surface area contributed by atoms with Crippen LogP contribution in [0.15, 0.2) is 42.5 Å². The molecule has 1 aliphatic heterocycles. The van der Waals surface area contributed by atoms with Gasteiger partial charge in [0.05, 0.1) is 24.5 Å². The lowest BCUT2D eigenvalue weighted by molar-refractivity contribution is 0.0690. The van der Waals surface area contributed by atoms with E-state index in [2.05, 4.69) is 9.88 Å². The van der Waals surface area contributed by atoms with Crippen LogP contribution in [0.25, 0.3) is 0 Å². The Kier molecular flexibility index (Phi) is 3.25. The van der Waals surface area contributed by atoms with E-state index in [-0.39, 0.29) is 5.69 Å². The van der Waals surface area contributed by atoms with Gasteiger partial charge in [0.15, 0.2) is 0 Å². The number of fused-ring (bicyclic) bond motifs is 1. The van der Waals surface area contributed by atoms with E-state index in [0.29, 0.717) is 13.2 Å². The second-order valence-corrected chi connectivity index (χ2v) is 4.56. The summed E-state index contributed by atoms with van der Waals surface area (Å²) in [5.74, 6) is -0.151. The molecule has 0 radical (unpaired) electrons. The number of aromatic carboxylic acids is 1. The van der Waals surface area contributed by atoms with Crippen molar-refractivity contribution in [2.45, 2.75) is 6.54 Å². The summed E-state index contributed by atoms with van der Waals surface area (Å²) in [6, 6.07) is 12.9. The van der Waals surface area contributed by atoms with Crippen LogP contribution in [0.2, 0.25) is 0 Å². The van der Waals surface area contributed by atoms with Gasteiger partial charge in [-0.1, -0.05) is 18.2 Å². The first-order valence-electron chi connectivity index (χ1n) is 6.40. The number of pyridine rings is 1. The number of carboxylic acid groups (broad SMARTS) is 1. The Morgan fingerprint density at radius 2 is 2.10 bits per heavy atom. The summed E-state index contributed by atoms with van der Waals surface area (Å²) in [6.45, 7) is 1.95. The third-order valence-electron chi connectivity index (χ3n) is 3.20. The molecule has 0 saturated carbocycles. The number of para-hydroxylation sites is 2. The lowest BCUT2D eigenvalue weighted by Gasteiger charge is -2.30. The molecule has 5 heteroatoms. The Morgan fingerprint density at radius 1 is 1.25 bits per heavy atom. The zero-order valence-electron chi connectivity index (χ0n) is 10.8. The normalized spacial score (nSPS) is 13.5. The van der Waals surface area contributed by atoms with E-state index in [1.807, 2.05) is 30.3 Å². The number of carbonyl (C=O) groups is 1. The summed E-state index contributed by atoms with van der Waals surface area (Å²) < 4.78 is 5.60. The molecule has 0 spiro atoms. The largest absolute Gasteiger partial charge is 0.490 e. The minimum atomic E-state index is -1.01. The number of hydrogen-bond acceptors (Lipinski definition) is 4. The summed E-state index contributed by atoms with van der Waals surface area (Å²) in [5.41, 5.74) is 1.83. The van der Waals surface area contributed by atoms with Crippen LogP contribution in [0, 0.1) is 0 Å². The van der Waals surface area contributed by atoms with Crippen LogP contribution >= 0.6 is 0 Å².